The van der Waals surface area contributed by atoms with Gasteiger partial charge in [-0.3, -0.25) is 0 Å². The molecule has 1 aromatic carbocycles. The molecule has 0 heterocycles. The summed E-state index contributed by atoms with van der Waals surface area (Å²) in [5.41, 5.74) is 1.66. The standard InChI is InChI=1S/C15H23ClN2O2S/c1-11-13(10-17-2)8-14(16)9-15(11)21(19,20)18-7-6-12-4-3-5-12/h8-9,12,17-18H,3-7,10H2,1-2H3. The van der Waals surface area contributed by atoms with Crippen LogP contribution in [-0.4, -0.2) is 22.0 Å². The number of halogens is 1. The molecule has 118 valence electrons. The zero-order valence-corrected chi connectivity index (χ0v) is 14.1. The summed E-state index contributed by atoms with van der Waals surface area (Å²) in [5, 5.41) is 3.48. The molecule has 1 aromatic rings. The normalized spacial score (nSPS) is 16.0. The lowest BCUT2D eigenvalue weighted by atomic mass is 9.83. The van der Waals surface area contributed by atoms with Gasteiger partial charge in [-0.05, 0) is 49.6 Å². The second-order valence-corrected chi connectivity index (χ2v) is 7.87. The van der Waals surface area contributed by atoms with Crippen LogP contribution < -0.4 is 10.0 Å². The zero-order chi connectivity index (χ0) is 15.5. The minimum Gasteiger partial charge on any atom is -0.316 e. The number of benzene rings is 1. The van der Waals surface area contributed by atoms with Crippen molar-refractivity contribution in [1.82, 2.24) is 10.0 Å². The average molecular weight is 331 g/mol. The van der Waals surface area contributed by atoms with Gasteiger partial charge in [0.2, 0.25) is 10.0 Å². The van der Waals surface area contributed by atoms with Gasteiger partial charge in [-0.1, -0.05) is 30.9 Å². The van der Waals surface area contributed by atoms with E-state index in [-0.39, 0.29) is 4.90 Å². The molecule has 0 amide bonds. The topological polar surface area (TPSA) is 58.2 Å². The van der Waals surface area contributed by atoms with Crippen LogP contribution in [0.2, 0.25) is 5.02 Å². The first-order valence-electron chi connectivity index (χ1n) is 7.37. The van der Waals surface area contributed by atoms with E-state index in [2.05, 4.69) is 10.0 Å². The highest BCUT2D eigenvalue weighted by atomic mass is 35.5. The molecule has 0 aromatic heterocycles. The van der Waals surface area contributed by atoms with Crippen LogP contribution in [0.4, 0.5) is 0 Å². The Balaban J connectivity index is 2.13. The van der Waals surface area contributed by atoms with E-state index in [0.29, 0.717) is 24.0 Å². The summed E-state index contributed by atoms with van der Waals surface area (Å²) in [6.45, 7) is 2.92. The summed E-state index contributed by atoms with van der Waals surface area (Å²) in [6, 6.07) is 3.34. The van der Waals surface area contributed by atoms with Crippen LogP contribution >= 0.6 is 11.6 Å². The first-order chi connectivity index (χ1) is 9.94. The summed E-state index contributed by atoms with van der Waals surface area (Å²) in [7, 11) is -1.67. The van der Waals surface area contributed by atoms with Crippen LogP contribution in [0.15, 0.2) is 17.0 Å². The van der Waals surface area contributed by atoms with Gasteiger partial charge >= 0.3 is 0 Å². The highest BCUT2D eigenvalue weighted by Gasteiger charge is 2.21. The van der Waals surface area contributed by atoms with Crippen LogP contribution in [0.1, 0.15) is 36.8 Å². The Morgan fingerprint density at radius 3 is 2.62 bits per heavy atom. The quantitative estimate of drug-likeness (QED) is 0.808. The molecule has 1 aliphatic rings. The fraction of sp³-hybridized carbons (Fsp3) is 0.600. The molecule has 2 N–H and O–H groups in total. The highest BCUT2D eigenvalue weighted by molar-refractivity contribution is 7.89. The molecular formula is C15H23ClN2O2S. The third-order valence-electron chi connectivity index (χ3n) is 4.16. The number of sulfonamides is 1. The van der Waals surface area contributed by atoms with Gasteiger partial charge in [-0.2, -0.15) is 0 Å². The Morgan fingerprint density at radius 2 is 2.05 bits per heavy atom. The molecule has 21 heavy (non-hydrogen) atoms. The SMILES string of the molecule is CNCc1cc(Cl)cc(S(=O)(=O)NCCC2CCC2)c1C. The second kappa shape index (κ2) is 7.09. The number of rotatable bonds is 7. The van der Waals surface area contributed by atoms with E-state index in [0.717, 1.165) is 17.5 Å². The van der Waals surface area contributed by atoms with E-state index in [1.807, 2.05) is 14.0 Å². The lowest BCUT2D eigenvalue weighted by Crippen LogP contribution is -2.28. The molecule has 0 bridgehead atoms. The number of nitrogens with one attached hydrogen (secondary N) is 2. The van der Waals surface area contributed by atoms with E-state index < -0.39 is 10.0 Å². The molecular weight excluding hydrogens is 308 g/mol. The summed E-state index contributed by atoms with van der Waals surface area (Å²) in [6.07, 6.45) is 4.65. The fourth-order valence-electron chi connectivity index (χ4n) is 2.62. The van der Waals surface area contributed by atoms with E-state index in [1.165, 1.54) is 25.3 Å². The Hall–Kier alpha value is -0.620. The number of hydrogen-bond donors (Lipinski definition) is 2. The van der Waals surface area contributed by atoms with Gasteiger partial charge in [0.15, 0.2) is 0 Å². The van der Waals surface area contributed by atoms with Crippen molar-refractivity contribution in [3.8, 4) is 0 Å². The van der Waals surface area contributed by atoms with E-state index in [1.54, 1.807) is 6.07 Å². The lowest BCUT2D eigenvalue weighted by molar-refractivity contribution is 0.297. The van der Waals surface area contributed by atoms with Gasteiger partial charge in [-0.25, -0.2) is 13.1 Å². The third-order valence-corrected chi connectivity index (χ3v) is 5.96. The van der Waals surface area contributed by atoms with Crippen LogP contribution in [0.25, 0.3) is 0 Å². The minimum atomic E-state index is -3.50. The average Bonchev–Trinajstić information content (AvgIpc) is 2.36. The maximum atomic E-state index is 12.5. The predicted octanol–water partition coefficient (Wildman–Crippen LogP) is 2.84. The maximum absolute atomic E-state index is 12.5. The largest absolute Gasteiger partial charge is 0.316 e. The molecule has 0 saturated heterocycles. The van der Waals surface area contributed by atoms with E-state index in [9.17, 15) is 8.42 Å². The predicted molar refractivity (Wildman–Crippen MR) is 86.1 cm³/mol. The Kier molecular flexibility index (Phi) is 5.66. The van der Waals surface area contributed by atoms with Crippen molar-refractivity contribution < 1.29 is 8.42 Å². The van der Waals surface area contributed by atoms with Crippen molar-refractivity contribution in [3.05, 3.63) is 28.3 Å². The molecule has 0 spiro atoms. The molecule has 1 aliphatic carbocycles. The molecule has 6 heteroatoms. The fourth-order valence-corrected chi connectivity index (χ4v) is 4.28. The molecule has 1 fully saturated rings. The van der Waals surface area contributed by atoms with Crippen molar-refractivity contribution in [2.45, 2.75) is 44.0 Å². The monoisotopic (exact) mass is 330 g/mol. The summed E-state index contributed by atoms with van der Waals surface area (Å²) < 4.78 is 27.6. The van der Waals surface area contributed by atoms with E-state index >= 15 is 0 Å². The van der Waals surface area contributed by atoms with Crippen molar-refractivity contribution >= 4 is 21.6 Å². The van der Waals surface area contributed by atoms with Crippen LogP contribution in [0.3, 0.4) is 0 Å². The van der Waals surface area contributed by atoms with Gasteiger partial charge in [-0.15, -0.1) is 0 Å². The van der Waals surface area contributed by atoms with Gasteiger partial charge in [0, 0.05) is 18.1 Å². The minimum absolute atomic E-state index is 0.286. The summed E-state index contributed by atoms with van der Waals surface area (Å²) >= 11 is 6.06. The molecule has 4 nitrogen and oxygen atoms in total. The van der Waals surface area contributed by atoms with Gasteiger partial charge in [0.1, 0.15) is 0 Å². The molecule has 0 aliphatic heterocycles. The highest BCUT2D eigenvalue weighted by Crippen LogP contribution is 2.29. The molecule has 0 radical (unpaired) electrons. The first kappa shape index (κ1) is 16.7. The van der Waals surface area contributed by atoms with Crippen LogP contribution in [0.5, 0.6) is 0 Å². The van der Waals surface area contributed by atoms with Gasteiger partial charge in [0.25, 0.3) is 0 Å². The summed E-state index contributed by atoms with van der Waals surface area (Å²) in [4.78, 5) is 0.286. The smallest absolute Gasteiger partial charge is 0.240 e. The van der Waals surface area contributed by atoms with Crippen molar-refractivity contribution in [2.75, 3.05) is 13.6 Å². The lowest BCUT2D eigenvalue weighted by Gasteiger charge is -2.25. The van der Waals surface area contributed by atoms with Crippen molar-refractivity contribution in [3.63, 3.8) is 0 Å². The zero-order valence-electron chi connectivity index (χ0n) is 12.6. The van der Waals surface area contributed by atoms with Crippen LogP contribution in [-0.2, 0) is 16.6 Å². The molecule has 1 saturated carbocycles. The van der Waals surface area contributed by atoms with Crippen molar-refractivity contribution in [2.24, 2.45) is 5.92 Å². The van der Waals surface area contributed by atoms with Gasteiger partial charge < -0.3 is 5.32 Å². The maximum Gasteiger partial charge on any atom is 0.240 e. The number of hydrogen-bond acceptors (Lipinski definition) is 3. The summed E-state index contributed by atoms with van der Waals surface area (Å²) in [5.74, 6) is 0.688. The van der Waals surface area contributed by atoms with Crippen molar-refractivity contribution in [1.29, 1.82) is 0 Å². The first-order valence-corrected chi connectivity index (χ1v) is 9.23. The Morgan fingerprint density at radius 1 is 1.33 bits per heavy atom. The Bertz CT molecular complexity index is 598. The second-order valence-electron chi connectivity index (χ2n) is 5.70. The van der Waals surface area contributed by atoms with E-state index in [4.69, 9.17) is 11.6 Å². The molecule has 0 unspecified atom stereocenters. The van der Waals surface area contributed by atoms with Crippen LogP contribution in [0, 0.1) is 12.8 Å². The molecule has 2 rings (SSSR count). The third kappa shape index (κ3) is 4.19. The Labute approximate surface area is 132 Å². The van der Waals surface area contributed by atoms with Gasteiger partial charge in [0.05, 0.1) is 4.90 Å². The molecule has 0 atom stereocenters.